The fraction of sp³-hybridized carbons (Fsp3) is 0.267. The third-order valence-corrected chi connectivity index (χ3v) is 6.61. The van der Waals surface area contributed by atoms with E-state index in [-0.39, 0.29) is 6.54 Å². The van der Waals surface area contributed by atoms with E-state index in [0.29, 0.717) is 5.01 Å². The Labute approximate surface area is 147 Å². The summed E-state index contributed by atoms with van der Waals surface area (Å²) in [6.45, 7) is 0.0354. The van der Waals surface area contributed by atoms with Crippen LogP contribution in [0.5, 0.6) is 0 Å². The Morgan fingerprint density at radius 3 is 2.56 bits per heavy atom. The molecular formula is C15H16N4O4S2. The molecule has 0 saturated carbocycles. The molecule has 0 aliphatic carbocycles. The van der Waals surface area contributed by atoms with E-state index in [0.717, 1.165) is 29.9 Å². The van der Waals surface area contributed by atoms with Gasteiger partial charge in [-0.2, -0.15) is 4.31 Å². The normalized spacial score (nSPS) is 12.2. The number of fused-ring (bicyclic) bond motifs is 1. The minimum absolute atomic E-state index is 0.0354. The SMILES string of the molecule is CN(Cc1nc2ccccc2s1)S(=O)(=O)c1cn(C)c(=O)n(C)c1=O. The molecule has 0 bridgehead atoms. The number of aromatic nitrogens is 3. The second-order valence-electron chi connectivity index (χ2n) is 5.59. The third kappa shape index (κ3) is 3.03. The van der Waals surface area contributed by atoms with Crippen LogP contribution in [0.25, 0.3) is 10.2 Å². The second kappa shape index (κ2) is 6.21. The molecule has 132 valence electrons. The van der Waals surface area contributed by atoms with Gasteiger partial charge < -0.3 is 4.57 Å². The van der Waals surface area contributed by atoms with E-state index in [4.69, 9.17) is 0 Å². The third-order valence-electron chi connectivity index (χ3n) is 3.80. The van der Waals surface area contributed by atoms with Crippen LogP contribution in [0.4, 0.5) is 0 Å². The monoisotopic (exact) mass is 380 g/mol. The molecule has 0 fully saturated rings. The quantitative estimate of drug-likeness (QED) is 0.657. The number of rotatable bonds is 4. The van der Waals surface area contributed by atoms with Crippen LogP contribution in [-0.4, -0.2) is 33.9 Å². The molecule has 0 aliphatic rings. The predicted octanol–water partition coefficient (Wildman–Crippen LogP) is 0.514. The molecule has 1 aromatic carbocycles. The molecule has 0 radical (unpaired) electrons. The average Bonchev–Trinajstić information content (AvgIpc) is 2.98. The fourth-order valence-electron chi connectivity index (χ4n) is 2.38. The molecule has 0 amide bonds. The number of sulfonamides is 1. The number of hydrogen-bond donors (Lipinski definition) is 0. The summed E-state index contributed by atoms with van der Waals surface area (Å²) < 4.78 is 29.4. The van der Waals surface area contributed by atoms with Gasteiger partial charge in [-0.15, -0.1) is 11.3 Å². The van der Waals surface area contributed by atoms with Crippen molar-refractivity contribution in [3.63, 3.8) is 0 Å². The van der Waals surface area contributed by atoms with E-state index in [1.807, 2.05) is 24.3 Å². The van der Waals surface area contributed by atoms with Gasteiger partial charge in [0, 0.05) is 27.3 Å². The summed E-state index contributed by atoms with van der Waals surface area (Å²) in [6, 6.07) is 7.51. The van der Waals surface area contributed by atoms with Gasteiger partial charge in [-0.1, -0.05) is 12.1 Å². The zero-order valence-electron chi connectivity index (χ0n) is 13.8. The van der Waals surface area contributed by atoms with E-state index >= 15 is 0 Å². The lowest BCUT2D eigenvalue weighted by atomic mass is 10.3. The average molecular weight is 380 g/mol. The lowest BCUT2D eigenvalue weighted by Crippen LogP contribution is -2.41. The molecule has 3 rings (SSSR count). The lowest BCUT2D eigenvalue weighted by molar-refractivity contribution is 0.462. The van der Waals surface area contributed by atoms with Crippen molar-refractivity contribution in [1.82, 2.24) is 18.4 Å². The van der Waals surface area contributed by atoms with Gasteiger partial charge in [0.2, 0.25) is 10.0 Å². The Hall–Kier alpha value is -2.30. The van der Waals surface area contributed by atoms with Gasteiger partial charge in [-0.25, -0.2) is 18.2 Å². The number of nitrogens with zero attached hydrogens (tertiary/aromatic N) is 4. The zero-order valence-corrected chi connectivity index (χ0v) is 15.5. The van der Waals surface area contributed by atoms with Crippen molar-refractivity contribution in [2.45, 2.75) is 11.4 Å². The fourth-order valence-corrected chi connectivity index (χ4v) is 4.76. The first kappa shape index (κ1) is 17.5. The second-order valence-corrected chi connectivity index (χ2v) is 8.72. The Kier molecular flexibility index (Phi) is 4.35. The molecule has 10 heteroatoms. The van der Waals surface area contributed by atoms with Crippen LogP contribution in [0.2, 0.25) is 0 Å². The van der Waals surface area contributed by atoms with Crippen LogP contribution in [-0.2, 0) is 30.7 Å². The molecule has 2 heterocycles. The molecule has 0 aliphatic heterocycles. The van der Waals surface area contributed by atoms with Crippen molar-refractivity contribution in [2.24, 2.45) is 14.1 Å². The van der Waals surface area contributed by atoms with Crippen molar-refractivity contribution in [3.8, 4) is 0 Å². The summed E-state index contributed by atoms with van der Waals surface area (Å²) in [7, 11) is -0.0348. The van der Waals surface area contributed by atoms with Crippen molar-refractivity contribution < 1.29 is 8.42 Å². The van der Waals surface area contributed by atoms with E-state index in [9.17, 15) is 18.0 Å². The number of para-hydroxylation sites is 1. The molecule has 0 saturated heterocycles. The Morgan fingerprint density at radius 1 is 1.20 bits per heavy atom. The van der Waals surface area contributed by atoms with E-state index < -0.39 is 26.2 Å². The van der Waals surface area contributed by atoms with Crippen LogP contribution >= 0.6 is 11.3 Å². The maximum Gasteiger partial charge on any atom is 0.330 e. The summed E-state index contributed by atoms with van der Waals surface area (Å²) in [5.41, 5.74) is -0.636. The number of hydrogen-bond acceptors (Lipinski definition) is 6. The van der Waals surface area contributed by atoms with Crippen LogP contribution in [0.3, 0.4) is 0 Å². The minimum atomic E-state index is -4.06. The van der Waals surface area contributed by atoms with Gasteiger partial charge in [-0.05, 0) is 12.1 Å². The highest BCUT2D eigenvalue weighted by Crippen LogP contribution is 2.23. The van der Waals surface area contributed by atoms with Gasteiger partial charge in [0.1, 0.15) is 5.01 Å². The van der Waals surface area contributed by atoms with Crippen LogP contribution in [0.1, 0.15) is 5.01 Å². The first-order valence-electron chi connectivity index (χ1n) is 7.29. The van der Waals surface area contributed by atoms with Gasteiger partial charge >= 0.3 is 5.69 Å². The molecule has 0 spiro atoms. The highest BCUT2D eigenvalue weighted by molar-refractivity contribution is 7.89. The standard InChI is InChI=1S/C15H16N4O4S2/c1-17-8-12(14(20)19(3)15(17)21)25(22,23)18(2)9-13-16-10-6-4-5-7-11(10)24-13/h4-8H,9H2,1-3H3. The Morgan fingerprint density at radius 2 is 1.88 bits per heavy atom. The summed E-state index contributed by atoms with van der Waals surface area (Å²) in [5.74, 6) is 0. The van der Waals surface area contributed by atoms with Gasteiger partial charge in [0.25, 0.3) is 5.56 Å². The smallest absolute Gasteiger partial charge is 0.302 e. The van der Waals surface area contributed by atoms with E-state index in [1.165, 1.54) is 32.5 Å². The molecular weight excluding hydrogens is 364 g/mol. The molecule has 0 atom stereocenters. The summed E-state index contributed by atoms with van der Waals surface area (Å²) in [6.07, 6.45) is 1.05. The molecule has 0 unspecified atom stereocenters. The minimum Gasteiger partial charge on any atom is -0.302 e. The summed E-state index contributed by atoms with van der Waals surface area (Å²) in [4.78, 5) is 27.9. The van der Waals surface area contributed by atoms with Gasteiger partial charge in [-0.3, -0.25) is 9.36 Å². The largest absolute Gasteiger partial charge is 0.330 e. The van der Waals surface area contributed by atoms with Crippen molar-refractivity contribution in [1.29, 1.82) is 0 Å². The molecule has 3 aromatic rings. The van der Waals surface area contributed by atoms with Crippen LogP contribution in [0, 0.1) is 0 Å². The highest BCUT2D eigenvalue weighted by atomic mass is 32.2. The maximum atomic E-state index is 12.8. The molecule has 0 N–H and O–H groups in total. The topological polar surface area (TPSA) is 94.3 Å². The maximum absolute atomic E-state index is 12.8. The Bertz CT molecular complexity index is 1140. The number of benzene rings is 1. The molecule has 8 nitrogen and oxygen atoms in total. The first-order chi connectivity index (χ1) is 11.7. The zero-order chi connectivity index (χ0) is 18.4. The lowest BCUT2D eigenvalue weighted by Gasteiger charge is -2.16. The van der Waals surface area contributed by atoms with Crippen molar-refractivity contribution in [2.75, 3.05) is 7.05 Å². The van der Waals surface area contributed by atoms with Crippen molar-refractivity contribution >= 4 is 31.6 Å². The van der Waals surface area contributed by atoms with Gasteiger partial charge in [0.05, 0.1) is 16.8 Å². The molecule has 25 heavy (non-hydrogen) atoms. The number of aryl methyl sites for hydroxylation is 1. The van der Waals surface area contributed by atoms with Crippen molar-refractivity contribution in [3.05, 3.63) is 56.3 Å². The summed E-state index contributed by atoms with van der Waals surface area (Å²) >= 11 is 1.39. The highest BCUT2D eigenvalue weighted by Gasteiger charge is 2.27. The van der Waals surface area contributed by atoms with Crippen LogP contribution < -0.4 is 11.2 Å². The predicted molar refractivity (Wildman–Crippen MR) is 95.2 cm³/mol. The van der Waals surface area contributed by atoms with Gasteiger partial charge in [0.15, 0.2) is 4.90 Å². The Balaban J connectivity index is 2.00. The summed E-state index contributed by atoms with van der Waals surface area (Å²) in [5, 5.41) is 0.619. The van der Waals surface area contributed by atoms with E-state index in [1.54, 1.807) is 0 Å². The number of thiazole rings is 1. The first-order valence-corrected chi connectivity index (χ1v) is 9.55. The molecule has 2 aromatic heterocycles. The van der Waals surface area contributed by atoms with E-state index in [2.05, 4.69) is 4.98 Å². The van der Waals surface area contributed by atoms with Crippen LogP contribution in [0.15, 0.2) is 44.9 Å².